The lowest BCUT2D eigenvalue weighted by Crippen LogP contribution is -2.39. The van der Waals surface area contributed by atoms with Gasteiger partial charge in [-0.2, -0.15) is 4.31 Å². The fourth-order valence-corrected chi connectivity index (χ4v) is 2.93. The fourth-order valence-electron chi connectivity index (χ4n) is 1.45. The van der Waals surface area contributed by atoms with E-state index in [9.17, 15) is 13.2 Å². The molecule has 5 heteroatoms. The first kappa shape index (κ1) is 14.4. The monoisotopic (exact) mass is 265 g/mol. The molecule has 0 saturated carbocycles. The standard InChI is InChI=1S/C13H15NO3S/c1-4-9-14(12(3)10-15)18(16,17)13-7-5-11(2)6-8-13/h1,5-8,10,12H,9H2,2-3H3/t12-/m0/s1. The number of carbonyl (C=O) groups excluding carboxylic acids is 1. The Bertz CT molecular complexity index is 555. The smallest absolute Gasteiger partial charge is 0.244 e. The maximum Gasteiger partial charge on any atom is 0.244 e. The number of terminal acetylenes is 1. The summed E-state index contributed by atoms with van der Waals surface area (Å²) < 4.78 is 25.6. The van der Waals surface area contributed by atoms with Crippen molar-refractivity contribution in [2.75, 3.05) is 6.54 Å². The van der Waals surface area contributed by atoms with Gasteiger partial charge in [0, 0.05) is 0 Å². The van der Waals surface area contributed by atoms with E-state index < -0.39 is 16.1 Å². The fraction of sp³-hybridized carbons (Fsp3) is 0.308. The summed E-state index contributed by atoms with van der Waals surface area (Å²) in [5, 5.41) is 0. The number of hydrogen-bond acceptors (Lipinski definition) is 3. The van der Waals surface area contributed by atoms with Crippen molar-refractivity contribution >= 4 is 16.3 Å². The molecule has 0 radical (unpaired) electrons. The molecule has 0 spiro atoms. The van der Waals surface area contributed by atoms with Crippen molar-refractivity contribution in [3.63, 3.8) is 0 Å². The molecule has 0 N–H and O–H groups in total. The average Bonchev–Trinajstić information content (AvgIpc) is 2.35. The molecule has 0 heterocycles. The van der Waals surface area contributed by atoms with Gasteiger partial charge < -0.3 is 4.79 Å². The van der Waals surface area contributed by atoms with Crippen LogP contribution in [0.5, 0.6) is 0 Å². The molecule has 1 aromatic carbocycles. The van der Waals surface area contributed by atoms with E-state index in [1.54, 1.807) is 12.1 Å². The lowest BCUT2D eigenvalue weighted by atomic mass is 10.2. The second kappa shape index (κ2) is 5.80. The van der Waals surface area contributed by atoms with Gasteiger partial charge in [-0.25, -0.2) is 8.42 Å². The number of carbonyl (C=O) groups is 1. The van der Waals surface area contributed by atoms with E-state index >= 15 is 0 Å². The molecular formula is C13H15NO3S. The third kappa shape index (κ3) is 2.97. The third-order valence-corrected chi connectivity index (χ3v) is 4.47. The van der Waals surface area contributed by atoms with E-state index in [4.69, 9.17) is 6.42 Å². The predicted molar refractivity (Wildman–Crippen MR) is 69.4 cm³/mol. The van der Waals surface area contributed by atoms with E-state index in [0.717, 1.165) is 9.87 Å². The van der Waals surface area contributed by atoms with Gasteiger partial charge in [-0.1, -0.05) is 23.6 Å². The van der Waals surface area contributed by atoms with Gasteiger partial charge in [-0.05, 0) is 26.0 Å². The van der Waals surface area contributed by atoms with Crippen LogP contribution in [0, 0.1) is 19.3 Å². The summed E-state index contributed by atoms with van der Waals surface area (Å²) in [5.41, 5.74) is 0.959. The molecule has 1 rings (SSSR count). The molecule has 0 unspecified atom stereocenters. The number of rotatable bonds is 5. The van der Waals surface area contributed by atoms with Crippen LogP contribution in [0.4, 0.5) is 0 Å². The zero-order valence-corrected chi connectivity index (χ0v) is 11.1. The number of aldehydes is 1. The zero-order chi connectivity index (χ0) is 13.8. The van der Waals surface area contributed by atoms with E-state index in [1.165, 1.54) is 19.1 Å². The molecule has 0 aromatic heterocycles. The van der Waals surface area contributed by atoms with E-state index in [0.29, 0.717) is 6.29 Å². The Hall–Kier alpha value is -1.64. The minimum absolute atomic E-state index is 0.129. The van der Waals surface area contributed by atoms with E-state index in [2.05, 4.69) is 5.92 Å². The third-order valence-electron chi connectivity index (χ3n) is 2.53. The first-order chi connectivity index (χ1) is 8.43. The molecule has 0 aliphatic heterocycles. The Morgan fingerprint density at radius 1 is 1.39 bits per heavy atom. The Kier molecular flexibility index (Phi) is 4.65. The first-order valence-electron chi connectivity index (χ1n) is 5.40. The van der Waals surface area contributed by atoms with Crippen LogP contribution in [0.25, 0.3) is 0 Å². The van der Waals surface area contributed by atoms with Crippen LogP contribution in [0.15, 0.2) is 29.2 Å². The highest BCUT2D eigenvalue weighted by Gasteiger charge is 2.27. The van der Waals surface area contributed by atoms with Gasteiger partial charge in [-0.3, -0.25) is 0 Å². The molecule has 0 bridgehead atoms. The molecule has 0 aliphatic carbocycles. The van der Waals surface area contributed by atoms with Gasteiger partial charge >= 0.3 is 0 Å². The molecule has 0 saturated heterocycles. The van der Waals surface area contributed by atoms with Crippen molar-refractivity contribution in [3.05, 3.63) is 29.8 Å². The Labute approximate surface area is 108 Å². The first-order valence-corrected chi connectivity index (χ1v) is 6.84. The Morgan fingerprint density at radius 2 is 1.94 bits per heavy atom. The molecule has 0 amide bonds. The minimum Gasteiger partial charge on any atom is -0.302 e. The summed E-state index contributed by atoms with van der Waals surface area (Å²) in [6, 6.07) is 5.63. The number of aryl methyl sites for hydroxylation is 1. The summed E-state index contributed by atoms with van der Waals surface area (Å²) in [6.07, 6.45) is 5.71. The van der Waals surface area contributed by atoms with E-state index in [1.807, 2.05) is 6.92 Å². The van der Waals surface area contributed by atoms with Crippen molar-refractivity contribution in [1.82, 2.24) is 4.31 Å². The molecule has 96 valence electrons. The molecule has 1 atom stereocenters. The summed E-state index contributed by atoms with van der Waals surface area (Å²) in [6.45, 7) is 3.23. The lowest BCUT2D eigenvalue weighted by Gasteiger charge is -2.22. The second-order valence-electron chi connectivity index (χ2n) is 3.94. The summed E-state index contributed by atoms with van der Waals surface area (Å²) in [4.78, 5) is 10.9. The summed E-state index contributed by atoms with van der Waals surface area (Å²) in [5.74, 6) is 2.26. The van der Waals surface area contributed by atoms with Crippen molar-refractivity contribution in [1.29, 1.82) is 0 Å². The maximum absolute atomic E-state index is 12.3. The average molecular weight is 265 g/mol. The normalized spacial score (nSPS) is 13.0. The number of nitrogens with zero attached hydrogens (tertiary/aromatic N) is 1. The van der Waals surface area contributed by atoms with Crippen LogP contribution in [0.1, 0.15) is 12.5 Å². The highest BCUT2D eigenvalue weighted by atomic mass is 32.2. The van der Waals surface area contributed by atoms with Crippen LogP contribution in [-0.4, -0.2) is 31.6 Å². The lowest BCUT2D eigenvalue weighted by molar-refractivity contribution is -0.110. The van der Waals surface area contributed by atoms with Crippen LogP contribution < -0.4 is 0 Å². The van der Waals surface area contributed by atoms with E-state index in [-0.39, 0.29) is 11.4 Å². The Balaban J connectivity index is 3.21. The SMILES string of the molecule is C#CCN([C@@H](C)C=O)S(=O)(=O)c1ccc(C)cc1. The zero-order valence-electron chi connectivity index (χ0n) is 10.3. The molecule has 0 fully saturated rings. The number of benzene rings is 1. The molecule has 18 heavy (non-hydrogen) atoms. The molecule has 4 nitrogen and oxygen atoms in total. The van der Waals surface area contributed by atoms with Crippen molar-refractivity contribution in [3.8, 4) is 12.3 Å². The summed E-state index contributed by atoms with van der Waals surface area (Å²) >= 11 is 0. The van der Waals surface area contributed by atoms with Crippen molar-refractivity contribution in [2.24, 2.45) is 0 Å². The summed E-state index contributed by atoms with van der Waals surface area (Å²) in [7, 11) is -3.73. The second-order valence-corrected chi connectivity index (χ2v) is 5.83. The quantitative estimate of drug-likeness (QED) is 0.594. The number of hydrogen-bond donors (Lipinski definition) is 0. The highest BCUT2D eigenvalue weighted by molar-refractivity contribution is 7.89. The van der Waals surface area contributed by atoms with Gasteiger partial charge in [-0.15, -0.1) is 6.42 Å². The largest absolute Gasteiger partial charge is 0.302 e. The topological polar surface area (TPSA) is 54.5 Å². The molecule has 1 aromatic rings. The van der Waals surface area contributed by atoms with Gasteiger partial charge in [0.1, 0.15) is 6.29 Å². The number of sulfonamides is 1. The molecular weight excluding hydrogens is 250 g/mol. The van der Waals surface area contributed by atoms with Crippen LogP contribution in [0.3, 0.4) is 0 Å². The van der Waals surface area contributed by atoms with Crippen molar-refractivity contribution in [2.45, 2.75) is 24.8 Å². The maximum atomic E-state index is 12.3. The predicted octanol–water partition coefficient (Wildman–Crippen LogP) is 1.21. The van der Waals surface area contributed by atoms with Gasteiger partial charge in [0.05, 0.1) is 17.5 Å². The molecule has 0 aliphatic rings. The van der Waals surface area contributed by atoms with Gasteiger partial charge in [0.2, 0.25) is 10.0 Å². The highest BCUT2D eigenvalue weighted by Crippen LogP contribution is 2.17. The van der Waals surface area contributed by atoms with Crippen LogP contribution in [0.2, 0.25) is 0 Å². The van der Waals surface area contributed by atoms with Crippen molar-refractivity contribution < 1.29 is 13.2 Å². The van der Waals surface area contributed by atoms with Crippen LogP contribution >= 0.6 is 0 Å². The van der Waals surface area contributed by atoms with Gasteiger partial charge in [0.15, 0.2) is 0 Å². The van der Waals surface area contributed by atoms with Gasteiger partial charge in [0.25, 0.3) is 0 Å². The van der Waals surface area contributed by atoms with Crippen LogP contribution in [-0.2, 0) is 14.8 Å². The Morgan fingerprint density at radius 3 is 2.39 bits per heavy atom. The minimum atomic E-state index is -3.73.